The van der Waals surface area contributed by atoms with E-state index in [2.05, 4.69) is 36.1 Å². The van der Waals surface area contributed by atoms with Crippen LogP contribution in [-0.2, 0) is 11.3 Å². The van der Waals surface area contributed by atoms with Gasteiger partial charge in [-0.25, -0.2) is 0 Å². The van der Waals surface area contributed by atoms with Crippen molar-refractivity contribution in [2.24, 2.45) is 5.41 Å². The molecule has 106 valence electrons. The average Bonchev–Trinajstić information content (AvgIpc) is 2.48. The molecule has 2 rings (SSSR count). The maximum atomic E-state index is 9.77. The molecule has 0 aromatic heterocycles. The van der Waals surface area contributed by atoms with E-state index in [-0.39, 0.29) is 12.0 Å². The highest BCUT2D eigenvalue weighted by Crippen LogP contribution is 2.31. The van der Waals surface area contributed by atoms with Gasteiger partial charge in [-0.15, -0.1) is 0 Å². The summed E-state index contributed by atoms with van der Waals surface area (Å²) < 4.78 is 5.43. The predicted octanol–water partition coefficient (Wildman–Crippen LogP) is 2.30. The van der Waals surface area contributed by atoms with Gasteiger partial charge >= 0.3 is 0 Å². The molecule has 0 atom stereocenters. The van der Waals surface area contributed by atoms with Gasteiger partial charge in [0.05, 0.1) is 6.61 Å². The van der Waals surface area contributed by atoms with Gasteiger partial charge in [0.25, 0.3) is 0 Å². The summed E-state index contributed by atoms with van der Waals surface area (Å²) in [5.74, 6) is 0. The van der Waals surface area contributed by atoms with Gasteiger partial charge in [-0.2, -0.15) is 0 Å². The maximum absolute atomic E-state index is 9.77. The van der Waals surface area contributed by atoms with Gasteiger partial charge in [0, 0.05) is 31.7 Å². The van der Waals surface area contributed by atoms with Crippen molar-refractivity contribution >= 4 is 0 Å². The molecule has 19 heavy (non-hydrogen) atoms. The Labute approximate surface area is 116 Å². The molecule has 1 aromatic carbocycles. The van der Waals surface area contributed by atoms with Gasteiger partial charge in [-0.1, -0.05) is 37.3 Å². The van der Waals surface area contributed by atoms with Gasteiger partial charge < -0.3 is 9.84 Å². The number of hydrogen-bond donors (Lipinski definition) is 1. The summed E-state index contributed by atoms with van der Waals surface area (Å²) in [5, 5.41) is 9.77. The lowest BCUT2D eigenvalue weighted by molar-refractivity contribution is -0.0348. The summed E-state index contributed by atoms with van der Waals surface area (Å²) in [6.45, 7) is 6.94. The van der Waals surface area contributed by atoms with E-state index < -0.39 is 0 Å². The van der Waals surface area contributed by atoms with Gasteiger partial charge in [-0.05, 0) is 24.9 Å². The minimum absolute atomic E-state index is 0.0308. The van der Waals surface area contributed by atoms with E-state index in [4.69, 9.17) is 4.74 Å². The third-order valence-electron chi connectivity index (χ3n) is 4.14. The molecule has 1 aromatic rings. The van der Waals surface area contributed by atoms with Gasteiger partial charge in [0.1, 0.15) is 0 Å². The first-order valence-electron chi connectivity index (χ1n) is 7.23. The van der Waals surface area contributed by atoms with Crippen molar-refractivity contribution in [2.75, 3.05) is 32.9 Å². The van der Waals surface area contributed by atoms with E-state index in [0.717, 1.165) is 45.7 Å². The van der Waals surface area contributed by atoms with E-state index in [1.807, 2.05) is 6.07 Å². The molecular weight excluding hydrogens is 238 g/mol. The molecule has 0 saturated carbocycles. The zero-order valence-electron chi connectivity index (χ0n) is 11.8. The highest BCUT2D eigenvalue weighted by atomic mass is 16.5. The zero-order chi connectivity index (χ0) is 13.6. The van der Waals surface area contributed by atoms with Crippen molar-refractivity contribution < 1.29 is 9.84 Å². The fraction of sp³-hybridized carbons (Fsp3) is 0.625. The van der Waals surface area contributed by atoms with E-state index >= 15 is 0 Å². The molecule has 0 radical (unpaired) electrons. The van der Waals surface area contributed by atoms with Crippen LogP contribution in [0.1, 0.15) is 25.3 Å². The van der Waals surface area contributed by atoms with Crippen molar-refractivity contribution in [2.45, 2.75) is 26.3 Å². The van der Waals surface area contributed by atoms with Crippen LogP contribution >= 0.6 is 0 Å². The summed E-state index contributed by atoms with van der Waals surface area (Å²) >= 11 is 0. The van der Waals surface area contributed by atoms with Crippen molar-refractivity contribution in [1.29, 1.82) is 0 Å². The van der Waals surface area contributed by atoms with E-state index in [1.54, 1.807) is 0 Å². The Hall–Kier alpha value is -0.900. The van der Waals surface area contributed by atoms with Crippen LogP contribution in [0, 0.1) is 5.41 Å². The zero-order valence-corrected chi connectivity index (χ0v) is 11.8. The Morgan fingerprint density at radius 3 is 2.47 bits per heavy atom. The molecule has 3 nitrogen and oxygen atoms in total. The number of hydrogen-bond acceptors (Lipinski definition) is 3. The molecular formula is C16H25NO2. The van der Waals surface area contributed by atoms with Crippen LogP contribution in [0.4, 0.5) is 0 Å². The minimum Gasteiger partial charge on any atom is -0.396 e. The van der Waals surface area contributed by atoms with Crippen molar-refractivity contribution in [1.82, 2.24) is 4.90 Å². The second-order valence-electron chi connectivity index (χ2n) is 5.56. The van der Waals surface area contributed by atoms with Crippen molar-refractivity contribution in [3.05, 3.63) is 35.9 Å². The van der Waals surface area contributed by atoms with E-state index in [0.29, 0.717) is 0 Å². The SMILES string of the molecule is CCN(Cc1ccccc1)CC1(CO)CCOCC1. The van der Waals surface area contributed by atoms with Gasteiger partial charge in [-0.3, -0.25) is 4.90 Å². The molecule has 0 bridgehead atoms. The summed E-state index contributed by atoms with van der Waals surface area (Å²) in [5.41, 5.74) is 1.37. The summed E-state index contributed by atoms with van der Waals surface area (Å²) in [4.78, 5) is 2.43. The van der Waals surface area contributed by atoms with Crippen LogP contribution in [-0.4, -0.2) is 42.9 Å². The van der Waals surface area contributed by atoms with E-state index in [1.165, 1.54) is 5.56 Å². The molecule has 1 saturated heterocycles. The molecule has 0 unspecified atom stereocenters. The van der Waals surface area contributed by atoms with Crippen LogP contribution in [0.3, 0.4) is 0 Å². The quantitative estimate of drug-likeness (QED) is 0.855. The lowest BCUT2D eigenvalue weighted by Gasteiger charge is -2.39. The first kappa shape index (κ1) is 14.5. The van der Waals surface area contributed by atoms with Crippen LogP contribution in [0.2, 0.25) is 0 Å². The first-order valence-corrected chi connectivity index (χ1v) is 7.23. The van der Waals surface area contributed by atoms with Crippen LogP contribution < -0.4 is 0 Å². The van der Waals surface area contributed by atoms with Gasteiger partial charge in [0.2, 0.25) is 0 Å². The molecule has 1 aliphatic rings. The van der Waals surface area contributed by atoms with Crippen molar-refractivity contribution in [3.8, 4) is 0 Å². The lowest BCUT2D eigenvalue weighted by atomic mass is 9.80. The molecule has 3 heteroatoms. The monoisotopic (exact) mass is 263 g/mol. The molecule has 0 aliphatic carbocycles. The molecule has 0 spiro atoms. The number of benzene rings is 1. The predicted molar refractivity (Wildman–Crippen MR) is 77.0 cm³/mol. The maximum Gasteiger partial charge on any atom is 0.0501 e. The number of rotatable bonds is 6. The molecule has 1 fully saturated rings. The topological polar surface area (TPSA) is 32.7 Å². The Balaban J connectivity index is 1.97. The largest absolute Gasteiger partial charge is 0.396 e. The highest BCUT2D eigenvalue weighted by Gasteiger charge is 2.33. The number of aliphatic hydroxyl groups is 1. The van der Waals surface area contributed by atoms with Crippen LogP contribution in [0.15, 0.2) is 30.3 Å². The van der Waals surface area contributed by atoms with Crippen molar-refractivity contribution in [3.63, 3.8) is 0 Å². The number of aliphatic hydroxyl groups excluding tert-OH is 1. The fourth-order valence-corrected chi connectivity index (χ4v) is 2.77. The summed E-state index contributed by atoms with van der Waals surface area (Å²) in [6.07, 6.45) is 1.93. The van der Waals surface area contributed by atoms with Gasteiger partial charge in [0.15, 0.2) is 0 Å². The smallest absolute Gasteiger partial charge is 0.0501 e. The molecule has 1 N–H and O–H groups in total. The number of ether oxygens (including phenoxy) is 1. The minimum atomic E-state index is 0.0308. The molecule has 0 amide bonds. The molecule has 1 aliphatic heterocycles. The summed E-state index contributed by atoms with van der Waals surface area (Å²) in [6, 6.07) is 10.5. The average molecular weight is 263 g/mol. The third kappa shape index (κ3) is 4.03. The van der Waals surface area contributed by atoms with E-state index in [9.17, 15) is 5.11 Å². The normalized spacial score (nSPS) is 18.7. The van der Waals surface area contributed by atoms with Crippen LogP contribution in [0.25, 0.3) is 0 Å². The Morgan fingerprint density at radius 1 is 1.21 bits per heavy atom. The van der Waals surface area contributed by atoms with Crippen LogP contribution in [0.5, 0.6) is 0 Å². The fourth-order valence-electron chi connectivity index (χ4n) is 2.77. The number of nitrogens with zero attached hydrogens (tertiary/aromatic N) is 1. The second kappa shape index (κ2) is 7.04. The Morgan fingerprint density at radius 2 is 1.89 bits per heavy atom. The Kier molecular flexibility index (Phi) is 5.37. The third-order valence-corrected chi connectivity index (χ3v) is 4.14. The Bertz CT molecular complexity index is 360. The lowest BCUT2D eigenvalue weighted by Crippen LogP contribution is -2.43. The standard InChI is InChI=1S/C16H25NO2/c1-2-17(12-15-6-4-3-5-7-15)13-16(14-18)8-10-19-11-9-16/h3-7,18H,2,8-14H2,1H3. The highest BCUT2D eigenvalue weighted by molar-refractivity contribution is 5.14. The summed E-state index contributed by atoms with van der Waals surface area (Å²) in [7, 11) is 0. The first-order chi connectivity index (χ1) is 9.28. The molecule has 1 heterocycles. The second-order valence-corrected chi connectivity index (χ2v) is 5.56.